The molecule has 0 bridgehead atoms. The molecule has 0 unspecified atom stereocenters. The summed E-state index contributed by atoms with van der Waals surface area (Å²) in [5.41, 5.74) is -1.05. The zero-order chi connectivity index (χ0) is 15.9. The van der Waals surface area contributed by atoms with Crippen LogP contribution in [0.25, 0.3) is 0 Å². The van der Waals surface area contributed by atoms with E-state index < -0.39 is 35.2 Å². The Morgan fingerprint density at radius 2 is 2.18 bits per heavy atom. The monoisotopic (exact) mass is 328 g/mol. The SMILES string of the molecule is O=C1N[C@@]2(CCSC2)C(=O)N1C[C@H](O)c1ccc(F)cc1F. The minimum atomic E-state index is -1.40. The highest BCUT2D eigenvalue weighted by Gasteiger charge is 2.53. The van der Waals surface area contributed by atoms with Crippen LogP contribution in [0.1, 0.15) is 18.1 Å². The van der Waals surface area contributed by atoms with E-state index in [1.165, 1.54) is 0 Å². The molecular formula is C14H14F2N2O3S. The van der Waals surface area contributed by atoms with Gasteiger partial charge in [-0.05, 0) is 18.2 Å². The first-order chi connectivity index (χ1) is 10.4. The fourth-order valence-corrected chi connectivity index (χ4v) is 4.04. The van der Waals surface area contributed by atoms with Crippen LogP contribution in [-0.4, -0.2) is 45.5 Å². The summed E-state index contributed by atoms with van der Waals surface area (Å²) in [5, 5.41) is 12.7. The number of amides is 3. The molecule has 5 nitrogen and oxygen atoms in total. The highest BCUT2D eigenvalue weighted by Crippen LogP contribution is 2.34. The number of nitrogens with zero attached hydrogens (tertiary/aromatic N) is 1. The van der Waals surface area contributed by atoms with Crippen molar-refractivity contribution in [2.24, 2.45) is 0 Å². The number of aliphatic hydroxyl groups is 1. The maximum absolute atomic E-state index is 13.7. The first kappa shape index (κ1) is 15.2. The van der Waals surface area contributed by atoms with Gasteiger partial charge in [0.1, 0.15) is 17.2 Å². The molecule has 2 saturated heterocycles. The Bertz CT molecular complexity index is 635. The van der Waals surface area contributed by atoms with Crippen LogP contribution in [0.5, 0.6) is 0 Å². The van der Waals surface area contributed by atoms with Crippen molar-refractivity contribution in [3.8, 4) is 0 Å². The number of aliphatic hydroxyl groups excluding tert-OH is 1. The number of thioether (sulfide) groups is 1. The van der Waals surface area contributed by atoms with Gasteiger partial charge in [0.05, 0.1) is 12.6 Å². The number of rotatable bonds is 3. The number of hydrogen-bond acceptors (Lipinski definition) is 4. The average Bonchev–Trinajstić information content (AvgIpc) is 3.00. The molecule has 0 saturated carbocycles. The van der Waals surface area contributed by atoms with Crippen LogP contribution in [0.3, 0.4) is 0 Å². The fraction of sp³-hybridized carbons (Fsp3) is 0.429. The zero-order valence-electron chi connectivity index (χ0n) is 11.5. The molecule has 22 heavy (non-hydrogen) atoms. The molecule has 3 amide bonds. The molecular weight excluding hydrogens is 314 g/mol. The fourth-order valence-electron chi connectivity index (χ4n) is 2.72. The quantitative estimate of drug-likeness (QED) is 0.824. The van der Waals surface area contributed by atoms with Crippen molar-refractivity contribution in [2.75, 3.05) is 18.1 Å². The molecule has 0 aromatic heterocycles. The summed E-state index contributed by atoms with van der Waals surface area (Å²) in [6.07, 6.45) is -0.862. The van der Waals surface area contributed by atoms with Crippen molar-refractivity contribution in [3.63, 3.8) is 0 Å². The van der Waals surface area contributed by atoms with E-state index in [1.54, 1.807) is 11.8 Å². The van der Waals surface area contributed by atoms with E-state index >= 15 is 0 Å². The highest BCUT2D eigenvalue weighted by molar-refractivity contribution is 7.99. The lowest BCUT2D eigenvalue weighted by Gasteiger charge is -2.21. The molecule has 3 rings (SSSR count). The Morgan fingerprint density at radius 1 is 1.41 bits per heavy atom. The summed E-state index contributed by atoms with van der Waals surface area (Å²) in [6.45, 7) is -0.361. The number of urea groups is 1. The largest absolute Gasteiger partial charge is 0.386 e. The summed E-state index contributed by atoms with van der Waals surface area (Å²) in [6, 6.07) is 2.19. The lowest BCUT2D eigenvalue weighted by atomic mass is 9.99. The topological polar surface area (TPSA) is 69.6 Å². The number of β-amino-alcohol motifs (C(OH)–C–C–N with tert-alkyl or cyclic N) is 1. The Labute approximate surface area is 129 Å². The minimum Gasteiger partial charge on any atom is -0.386 e. The van der Waals surface area contributed by atoms with Crippen molar-refractivity contribution < 1.29 is 23.5 Å². The van der Waals surface area contributed by atoms with E-state index in [0.29, 0.717) is 18.2 Å². The van der Waals surface area contributed by atoms with Gasteiger partial charge in [-0.1, -0.05) is 6.07 Å². The molecule has 8 heteroatoms. The third kappa shape index (κ3) is 2.46. The van der Waals surface area contributed by atoms with Gasteiger partial charge in [0, 0.05) is 17.4 Å². The second kappa shape index (κ2) is 5.51. The molecule has 0 aliphatic carbocycles. The van der Waals surface area contributed by atoms with Crippen molar-refractivity contribution in [1.82, 2.24) is 10.2 Å². The van der Waals surface area contributed by atoms with Gasteiger partial charge >= 0.3 is 6.03 Å². The first-order valence-electron chi connectivity index (χ1n) is 6.78. The van der Waals surface area contributed by atoms with E-state index in [4.69, 9.17) is 0 Å². The van der Waals surface area contributed by atoms with Crippen LogP contribution in [0.4, 0.5) is 13.6 Å². The Morgan fingerprint density at radius 3 is 2.82 bits per heavy atom. The molecule has 2 fully saturated rings. The summed E-state index contributed by atoms with van der Waals surface area (Å²) >= 11 is 1.57. The Hall–Kier alpha value is -1.67. The number of hydrogen-bond donors (Lipinski definition) is 2. The first-order valence-corrected chi connectivity index (χ1v) is 7.93. The van der Waals surface area contributed by atoms with Gasteiger partial charge in [-0.15, -0.1) is 0 Å². The molecule has 118 valence electrons. The van der Waals surface area contributed by atoms with Crippen molar-refractivity contribution in [3.05, 3.63) is 35.4 Å². The number of carbonyl (C=O) groups is 2. The van der Waals surface area contributed by atoms with Gasteiger partial charge in [-0.3, -0.25) is 9.69 Å². The molecule has 2 heterocycles. The predicted octanol–water partition coefficient (Wildman–Crippen LogP) is 1.43. The second-order valence-electron chi connectivity index (χ2n) is 5.41. The molecule has 1 aromatic rings. The smallest absolute Gasteiger partial charge is 0.325 e. The van der Waals surface area contributed by atoms with Gasteiger partial charge in [0.2, 0.25) is 0 Å². The van der Waals surface area contributed by atoms with E-state index in [2.05, 4.69) is 5.32 Å². The molecule has 2 aliphatic rings. The molecule has 2 aliphatic heterocycles. The van der Waals surface area contributed by atoms with Crippen LogP contribution in [0, 0.1) is 11.6 Å². The zero-order valence-corrected chi connectivity index (χ0v) is 12.3. The average molecular weight is 328 g/mol. The summed E-state index contributed by atoms with van der Waals surface area (Å²) in [4.78, 5) is 25.3. The number of carbonyl (C=O) groups excluding carboxylic acids is 2. The van der Waals surface area contributed by atoms with Gasteiger partial charge in [-0.25, -0.2) is 13.6 Å². The van der Waals surface area contributed by atoms with Crippen LogP contribution in [0.2, 0.25) is 0 Å². The predicted molar refractivity (Wildman–Crippen MR) is 76.2 cm³/mol. The van der Waals surface area contributed by atoms with E-state index in [1.807, 2.05) is 0 Å². The third-order valence-electron chi connectivity index (χ3n) is 3.94. The molecule has 2 atom stereocenters. The third-order valence-corrected chi connectivity index (χ3v) is 5.13. The van der Waals surface area contributed by atoms with E-state index in [-0.39, 0.29) is 12.1 Å². The Balaban J connectivity index is 1.77. The number of nitrogens with one attached hydrogen (secondary N) is 1. The summed E-state index contributed by atoms with van der Waals surface area (Å²) in [7, 11) is 0. The minimum absolute atomic E-state index is 0.149. The van der Waals surface area contributed by atoms with Crippen molar-refractivity contribution in [2.45, 2.75) is 18.1 Å². The van der Waals surface area contributed by atoms with Crippen molar-refractivity contribution >= 4 is 23.7 Å². The lowest BCUT2D eigenvalue weighted by molar-refractivity contribution is -0.131. The van der Waals surface area contributed by atoms with Crippen LogP contribution in [-0.2, 0) is 4.79 Å². The van der Waals surface area contributed by atoms with Crippen LogP contribution >= 0.6 is 11.8 Å². The molecule has 1 spiro atoms. The normalized spacial score (nSPS) is 25.9. The molecule has 2 N–H and O–H groups in total. The molecule has 0 radical (unpaired) electrons. The Kier molecular flexibility index (Phi) is 3.82. The number of benzene rings is 1. The van der Waals surface area contributed by atoms with Gasteiger partial charge in [0.25, 0.3) is 5.91 Å². The number of imide groups is 1. The maximum atomic E-state index is 13.7. The second-order valence-corrected chi connectivity index (χ2v) is 6.52. The van der Waals surface area contributed by atoms with E-state index in [9.17, 15) is 23.5 Å². The highest BCUT2D eigenvalue weighted by atomic mass is 32.2. The summed E-state index contributed by atoms with van der Waals surface area (Å²) in [5.74, 6) is -0.801. The number of halogens is 2. The standard InChI is InChI=1S/C14H14F2N2O3S/c15-8-1-2-9(10(16)5-8)11(19)6-18-12(20)14(17-13(18)21)3-4-22-7-14/h1-2,5,11,19H,3-4,6-7H2,(H,17,21)/t11-,14+/m0/s1. The van der Waals surface area contributed by atoms with Crippen LogP contribution < -0.4 is 5.32 Å². The summed E-state index contributed by atoms with van der Waals surface area (Å²) < 4.78 is 26.5. The van der Waals surface area contributed by atoms with Gasteiger partial charge < -0.3 is 10.4 Å². The molecule has 1 aromatic carbocycles. The van der Waals surface area contributed by atoms with E-state index in [0.717, 1.165) is 22.8 Å². The van der Waals surface area contributed by atoms with Gasteiger partial charge in [0.15, 0.2) is 0 Å². The lowest BCUT2D eigenvalue weighted by Crippen LogP contribution is -2.47. The maximum Gasteiger partial charge on any atom is 0.325 e. The van der Waals surface area contributed by atoms with Crippen LogP contribution in [0.15, 0.2) is 18.2 Å². The van der Waals surface area contributed by atoms with Crippen molar-refractivity contribution in [1.29, 1.82) is 0 Å². The van der Waals surface area contributed by atoms with Gasteiger partial charge in [-0.2, -0.15) is 11.8 Å².